The highest BCUT2D eigenvalue weighted by Gasteiger charge is 2.41. The summed E-state index contributed by atoms with van der Waals surface area (Å²) in [5.74, 6) is 0.702. The molecule has 0 aliphatic carbocycles. The molecular weight excluding hydrogens is 232 g/mol. The van der Waals surface area contributed by atoms with Crippen molar-refractivity contribution in [2.75, 3.05) is 27.7 Å². The molecule has 0 spiro atoms. The van der Waals surface area contributed by atoms with Crippen LogP contribution in [0.4, 0.5) is 0 Å². The van der Waals surface area contributed by atoms with E-state index in [2.05, 4.69) is 15.6 Å². The van der Waals surface area contributed by atoms with E-state index in [0.717, 1.165) is 12.8 Å². The number of carbonyl (C=O) groups is 1. The smallest absolute Gasteiger partial charge is 0.241 e. The molecule has 2 fully saturated rings. The van der Waals surface area contributed by atoms with Gasteiger partial charge in [0, 0.05) is 21.1 Å². The van der Waals surface area contributed by atoms with Crippen LogP contribution in [0.15, 0.2) is 4.99 Å². The maximum absolute atomic E-state index is 11.5. The number of carbonyl (C=O) groups excluding carboxylic acids is 1. The lowest BCUT2D eigenvalue weighted by Crippen LogP contribution is -2.49. The molecule has 6 heteroatoms. The summed E-state index contributed by atoms with van der Waals surface area (Å²) in [5, 5.41) is 6.36. The minimum atomic E-state index is 0.0298. The molecule has 0 aromatic carbocycles. The zero-order chi connectivity index (χ0) is 13.1. The van der Waals surface area contributed by atoms with E-state index in [1.165, 1.54) is 6.42 Å². The van der Waals surface area contributed by atoms with Gasteiger partial charge in [-0.3, -0.25) is 9.79 Å². The summed E-state index contributed by atoms with van der Waals surface area (Å²) in [6.07, 6.45) is 4.05. The van der Waals surface area contributed by atoms with E-state index < -0.39 is 0 Å². The SMILES string of the molecule is CN=C(NCC(=O)N(C)C)NC1CC2CCC1O2. The summed E-state index contributed by atoms with van der Waals surface area (Å²) >= 11 is 0. The molecule has 18 heavy (non-hydrogen) atoms. The van der Waals surface area contributed by atoms with Crippen molar-refractivity contribution in [3.8, 4) is 0 Å². The zero-order valence-electron chi connectivity index (χ0n) is 11.3. The molecule has 2 heterocycles. The molecule has 0 saturated carbocycles. The Bertz CT molecular complexity index is 343. The standard InChI is InChI=1S/C12H22N4O2/c1-13-12(14-7-11(17)16(2)3)15-9-6-8-4-5-10(9)18-8/h8-10H,4-7H2,1-3H3,(H2,13,14,15). The predicted octanol–water partition coefficient (Wildman–Crippen LogP) is -0.440. The highest BCUT2D eigenvalue weighted by molar-refractivity contribution is 5.86. The van der Waals surface area contributed by atoms with E-state index in [4.69, 9.17) is 4.74 Å². The molecular formula is C12H22N4O2. The molecule has 0 aromatic rings. The van der Waals surface area contributed by atoms with Gasteiger partial charge in [0.15, 0.2) is 5.96 Å². The van der Waals surface area contributed by atoms with Crippen molar-refractivity contribution < 1.29 is 9.53 Å². The summed E-state index contributed by atoms with van der Waals surface area (Å²) in [6, 6.07) is 0.324. The Morgan fingerprint density at radius 1 is 1.44 bits per heavy atom. The number of fused-ring (bicyclic) bond motifs is 2. The van der Waals surface area contributed by atoms with Gasteiger partial charge in [0.25, 0.3) is 0 Å². The molecule has 2 bridgehead atoms. The van der Waals surface area contributed by atoms with Crippen LogP contribution in [-0.2, 0) is 9.53 Å². The van der Waals surface area contributed by atoms with Crippen LogP contribution in [0.3, 0.4) is 0 Å². The van der Waals surface area contributed by atoms with Gasteiger partial charge in [0.1, 0.15) is 0 Å². The fourth-order valence-corrected chi connectivity index (χ4v) is 2.48. The van der Waals surface area contributed by atoms with Gasteiger partial charge in [-0.15, -0.1) is 0 Å². The van der Waals surface area contributed by atoms with Crippen molar-refractivity contribution in [2.24, 2.45) is 4.99 Å². The summed E-state index contributed by atoms with van der Waals surface area (Å²) in [4.78, 5) is 17.2. The first-order valence-electron chi connectivity index (χ1n) is 6.43. The Hall–Kier alpha value is -1.30. The van der Waals surface area contributed by atoms with Crippen molar-refractivity contribution in [3.05, 3.63) is 0 Å². The molecule has 0 radical (unpaired) electrons. The zero-order valence-corrected chi connectivity index (χ0v) is 11.3. The lowest BCUT2D eigenvalue weighted by atomic mass is 9.96. The molecule has 2 saturated heterocycles. The van der Waals surface area contributed by atoms with Crippen LogP contribution < -0.4 is 10.6 Å². The van der Waals surface area contributed by atoms with Gasteiger partial charge in [-0.1, -0.05) is 0 Å². The van der Waals surface area contributed by atoms with Crippen LogP contribution in [0, 0.1) is 0 Å². The van der Waals surface area contributed by atoms with E-state index in [0.29, 0.717) is 24.2 Å². The first-order chi connectivity index (χ1) is 8.60. The fraction of sp³-hybridized carbons (Fsp3) is 0.833. The van der Waals surface area contributed by atoms with E-state index >= 15 is 0 Å². The Labute approximate surface area is 108 Å². The van der Waals surface area contributed by atoms with E-state index in [-0.39, 0.29) is 12.5 Å². The Morgan fingerprint density at radius 2 is 2.22 bits per heavy atom. The average molecular weight is 254 g/mol. The van der Waals surface area contributed by atoms with Crippen LogP contribution >= 0.6 is 0 Å². The van der Waals surface area contributed by atoms with Crippen molar-refractivity contribution in [1.82, 2.24) is 15.5 Å². The number of amides is 1. The Balaban J connectivity index is 1.78. The second-order valence-corrected chi connectivity index (χ2v) is 5.07. The van der Waals surface area contributed by atoms with Crippen molar-refractivity contribution >= 4 is 11.9 Å². The lowest BCUT2D eigenvalue weighted by Gasteiger charge is -2.22. The maximum Gasteiger partial charge on any atom is 0.241 e. The Morgan fingerprint density at radius 3 is 2.72 bits per heavy atom. The summed E-state index contributed by atoms with van der Waals surface area (Å²) < 4.78 is 5.77. The normalized spacial score (nSPS) is 30.4. The van der Waals surface area contributed by atoms with E-state index in [1.54, 1.807) is 26.0 Å². The number of nitrogens with one attached hydrogen (secondary N) is 2. The van der Waals surface area contributed by atoms with Crippen LogP contribution in [0.25, 0.3) is 0 Å². The van der Waals surface area contributed by atoms with Crippen molar-refractivity contribution in [1.29, 1.82) is 0 Å². The van der Waals surface area contributed by atoms with E-state index in [1.807, 2.05) is 0 Å². The molecule has 2 aliphatic rings. The van der Waals surface area contributed by atoms with E-state index in [9.17, 15) is 4.79 Å². The highest BCUT2D eigenvalue weighted by atomic mass is 16.5. The van der Waals surface area contributed by atoms with Gasteiger partial charge >= 0.3 is 0 Å². The predicted molar refractivity (Wildman–Crippen MR) is 69.5 cm³/mol. The molecule has 6 nitrogen and oxygen atoms in total. The van der Waals surface area contributed by atoms with Crippen LogP contribution in [0.2, 0.25) is 0 Å². The van der Waals surface area contributed by atoms with Gasteiger partial charge in [0.05, 0.1) is 24.8 Å². The van der Waals surface area contributed by atoms with Gasteiger partial charge < -0.3 is 20.3 Å². The molecule has 2 aliphatic heterocycles. The number of hydrogen-bond acceptors (Lipinski definition) is 3. The van der Waals surface area contributed by atoms with Crippen molar-refractivity contribution in [3.63, 3.8) is 0 Å². The number of rotatable bonds is 3. The number of nitrogens with zero attached hydrogens (tertiary/aromatic N) is 2. The minimum Gasteiger partial charge on any atom is -0.373 e. The van der Waals surface area contributed by atoms with Crippen LogP contribution in [0.1, 0.15) is 19.3 Å². The topological polar surface area (TPSA) is 66.0 Å². The Kier molecular flexibility index (Phi) is 4.06. The first-order valence-corrected chi connectivity index (χ1v) is 6.43. The number of guanidine groups is 1. The maximum atomic E-state index is 11.5. The molecule has 2 rings (SSSR count). The number of aliphatic imine (C=N–C) groups is 1. The minimum absolute atomic E-state index is 0.0298. The third kappa shape index (κ3) is 2.93. The quantitative estimate of drug-likeness (QED) is 0.529. The monoisotopic (exact) mass is 254 g/mol. The van der Waals surface area contributed by atoms with Crippen LogP contribution in [0.5, 0.6) is 0 Å². The average Bonchev–Trinajstić information content (AvgIpc) is 2.95. The summed E-state index contributed by atoms with van der Waals surface area (Å²) in [7, 11) is 5.19. The second kappa shape index (κ2) is 5.56. The highest BCUT2D eigenvalue weighted by Crippen LogP contribution is 2.34. The molecule has 1 amide bonds. The van der Waals surface area contributed by atoms with Gasteiger partial charge in [-0.2, -0.15) is 0 Å². The number of ether oxygens (including phenoxy) is 1. The third-order valence-corrected chi connectivity index (χ3v) is 3.56. The lowest BCUT2D eigenvalue weighted by molar-refractivity contribution is -0.127. The summed E-state index contributed by atoms with van der Waals surface area (Å²) in [5.41, 5.74) is 0. The van der Waals surface area contributed by atoms with Gasteiger partial charge in [-0.05, 0) is 19.3 Å². The molecule has 3 atom stereocenters. The number of hydrogen-bond donors (Lipinski definition) is 2. The number of likely N-dealkylation sites (N-methyl/N-ethyl adjacent to an activating group) is 1. The molecule has 102 valence electrons. The summed E-state index contributed by atoms with van der Waals surface area (Å²) in [6.45, 7) is 0.258. The largest absolute Gasteiger partial charge is 0.373 e. The van der Waals surface area contributed by atoms with Crippen molar-refractivity contribution in [2.45, 2.75) is 37.5 Å². The molecule has 3 unspecified atom stereocenters. The van der Waals surface area contributed by atoms with Crippen LogP contribution in [-0.4, -0.2) is 62.7 Å². The molecule has 0 aromatic heterocycles. The first kappa shape index (κ1) is 13.1. The fourth-order valence-electron chi connectivity index (χ4n) is 2.48. The second-order valence-electron chi connectivity index (χ2n) is 5.07. The van der Waals surface area contributed by atoms with Gasteiger partial charge in [-0.25, -0.2) is 0 Å². The molecule has 2 N–H and O–H groups in total. The third-order valence-electron chi connectivity index (χ3n) is 3.56. The van der Waals surface area contributed by atoms with Gasteiger partial charge in [0.2, 0.25) is 5.91 Å².